The van der Waals surface area contributed by atoms with Gasteiger partial charge in [-0.15, -0.1) is 24.0 Å². The summed E-state index contributed by atoms with van der Waals surface area (Å²) in [6, 6.07) is 12.1. The second kappa shape index (κ2) is 12.4. The van der Waals surface area contributed by atoms with Crippen molar-refractivity contribution < 1.29 is 14.3 Å². The Labute approximate surface area is 202 Å². The number of morpholine rings is 1. The van der Waals surface area contributed by atoms with Crippen LogP contribution in [0.4, 0.5) is 0 Å². The van der Waals surface area contributed by atoms with Gasteiger partial charge in [-0.25, -0.2) is 4.99 Å². The zero-order valence-corrected chi connectivity index (χ0v) is 21.0. The van der Waals surface area contributed by atoms with Gasteiger partial charge in [-0.3, -0.25) is 4.90 Å². The van der Waals surface area contributed by atoms with E-state index in [2.05, 4.69) is 39.8 Å². The minimum atomic E-state index is -1.13. The summed E-state index contributed by atoms with van der Waals surface area (Å²) in [7, 11) is 0. The van der Waals surface area contributed by atoms with Gasteiger partial charge >= 0.3 is 0 Å². The van der Waals surface area contributed by atoms with Crippen molar-refractivity contribution in [3.05, 3.63) is 59.0 Å². The van der Waals surface area contributed by atoms with E-state index >= 15 is 0 Å². The van der Waals surface area contributed by atoms with E-state index in [1.165, 1.54) is 11.1 Å². The first-order chi connectivity index (χ1) is 14.5. The molecule has 31 heavy (non-hydrogen) atoms. The molecule has 7 nitrogen and oxygen atoms in total. The topological polar surface area (TPSA) is 82.3 Å². The van der Waals surface area contributed by atoms with Gasteiger partial charge in [0.2, 0.25) is 0 Å². The predicted octanol–water partition coefficient (Wildman–Crippen LogP) is 3.00. The molecular formula is C23H35IN4O3. The third-order valence-electron chi connectivity index (χ3n) is 5.24. The Kier molecular flexibility index (Phi) is 10.3. The summed E-state index contributed by atoms with van der Waals surface area (Å²) in [5, 5.41) is 17.3. The molecule has 0 amide bonds. The molecule has 1 aromatic carbocycles. The van der Waals surface area contributed by atoms with Crippen LogP contribution in [0.5, 0.6) is 0 Å². The van der Waals surface area contributed by atoms with Crippen LogP contribution >= 0.6 is 24.0 Å². The van der Waals surface area contributed by atoms with Crippen molar-refractivity contribution >= 4 is 29.9 Å². The lowest BCUT2D eigenvalue weighted by molar-refractivity contribution is 0.0340. The van der Waals surface area contributed by atoms with Gasteiger partial charge < -0.3 is 24.9 Å². The number of aryl methyl sites for hydroxylation is 1. The Hall–Kier alpha value is -1.62. The van der Waals surface area contributed by atoms with Crippen molar-refractivity contribution in [2.75, 3.05) is 39.4 Å². The number of benzene rings is 1. The van der Waals surface area contributed by atoms with Crippen LogP contribution in [-0.4, -0.2) is 55.4 Å². The quantitative estimate of drug-likeness (QED) is 0.271. The number of guanidine groups is 1. The van der Waals surface area contributed by atoms with Gasteiger partial charge in [0.1, 0.15) is 17.1 Å². The molecule has 0 saturated carbocycles. The molecule has 0 bridgehead atoms. The van der Waals surface area contributed by atoms with E-state index in [0.717, 1.165) is 45.2 Å². The van der Waals surface area contributed by atoms with E-state index in [0.29, 0.717) is 24.8 Å². The first-order valence-electron chi connectivity index (χ1n) is 10.7. The van der Waals surface area contributed by atoms with E-state index in [4.69, 9.17) is 14.1 Å². The molecule has 0 aliphatic carbocycles. The van der Waals surface area contributed by atoms with Crippen LogP contribution in [0, 0.1) is 6.92 Å². The van der Waals surface area contributed by atoms with Crippen molar-refractivity contribution in [1.29, 1.82) is 0 Å². The summed E-state index contributed by atoms with van der Waals surface area (Å²) in [6.45, 7) is 11.7. The Morgan fingerprint density at radius 3 is 2.48 bits per heavy atom. The Bertz CT molecular complexity index is 832. The maximum atomic E-state index is 10.8. The summed E-state index contributed by atoms with van der Waals surface area (Å²) >= 11 is 0. The lowest BCUT2D eigenvalue weighted by atomic mass is 10.0. The molecule has 172 valence electrons. The summed E-state index contributed by atoms with van der Waals surface area (Å²) in [6.07, 6.45) is 0. The van der Waals surface area contributed by atoms with Crippen molar-refractivity contribution in [3.63, 3.8) is 0 Å². The Morgan fingerprint density at radius 1 is 1.13 bits per heavy atom. The van der Waals surface area contributed by atoms with E-state index in [9.17, 15) is 5.11 Å². The smallest absolute Gasteiger partial charge is 0.191 e. The van der Waals surface area contributed by atoms with E-state index in [1.807, 2.05) is 26.0 Å². The van der Waals surface area contributed by atoms with Crippen LogP contribution in [0.25, 0.3) is 0 Å². The molecule has 2 aromatic rings. The minimum absolute atomic E-state index is 0. The monoisotopic (exact) mass is 542 g/mol. The average molecular weight is 542 g/mol. The van der Waals surface area contributed by atoms with Crippen molar-refractivity contribution in [3.8, 4) is 0 Å². The SMILES string of the molecule is CCNC(=NCc1ccccc1CN1CCOCC1)NCC(C)(O)c1ccc(C)o1.I. The second-order valence-corrected chi connectivity index (χ2v) is 7.89. The predicted molar refractivity (Wildman–Crippen MR) is 134 cm³/mol. The van der Waals surface area contributed by atoms with Gasteiger partial charge in [0.25, 0.3) is 0 Å². The standard InChI is InChI=1S/C23H34N4O3.HI/c1-4-24-22(26-17-23(3,28)21-10-9-18(2)30-21)25-15-19-7-5-6-8-20(19)16-27-11-13-29-14-12-27;/h5-10,28H,4,11-17H2,1-3H3,(H2,24,25,26);1H. The highest BCUT2D eigenvalue weighted by atomic mass is 127. The summed E-state index contributed by atoms with van der Waals surface area (Å²) in [4.78, 5) is 7.16. The molecule has 1 fully saturated rings. The number of aliphatic hydroxyl groups is 1. The van der Waals surface area contributed by atoms with Crippen LogP contribution in [-0.2, 0) is 23.4 Å². The molecule has 0 radical (unpaired) electrons. The number of ether oxygens (including phenoxy) is 1. The lowest BCUT2D eigenvalue weighted by Crippen LogP contribution is -2.44. The van der Waals surface area contributed by atoms with Crippen molar-refractivity contribution in [2.24, 2.45) is 4.99 Å². The highest BCUT2D eigenvalue weighted by Crippen LogP contribution is 2.22. The fourth-order valence-electron chi connectivity index (χ4n) is 3.44. The van der Waals surface area contributed by atoms with Gasteiger partial charge in [-0.1, -0.05) is 24.3 Å². The molecule has 8 heteroatoms. The number of nitrogens with one attached hydrogen (secondary N) is 2. The first kappa shape index (κ1) is 25.6. The van der Waals surface area contributed by atoms with Crippen LogP contribution in [0.15, 0.2) is 45.8 Å². The van der Waals surface area contributed by atoms with E-state index in [-0.39, 0.29) is 24.0 Å². The second-order valence-electron chi connectivity index (χ2n) is 7.89. The molecule has 2 heterocycles. The maximum absolute atomic E-state index is 10.8. The van der Waals surface area contributed by atoms with Gasteiger partial charge in [0.15, 0.2) is 5.96 Å². The van der Waals surface area contributed by atoms with Gasteiger partial charge in [-0.05, 0) is 44.0 Å². The number of nitrogens with zero attached hydrogens (tertiary/aromatic N) is 2. The molecule has 3 rings (SSSR count). The zero-order chi connectivity index (χ0) is 21.4. The summed E-state index contributed by atoms with van der Waals surface area (Å²) in [5.74, 6) is 1.99. The van der Waals surface area contributed by atoms with Gasteiger partial charge in [-0.2, -0.15) is 0 Å². The fraction of sp³-hybridized carbons (Fsp3) is 0.522. The Balaban J connectivity index is 0.00000341. The first-order valence-corrected chi connectivity index (χ1v) is 10.7. The Morgan fingerprint density at radius 2 is 1.84 bits per heavy atom. The molecule has 1 atom stereocenters. The molecule has 1 aliphatic rings. The number of furan rings is 1. The summed E-state index contributed by atoms with van der Waals surface area (Å²) < 4.78 is 11.0. The van der Waals surface area contributed by atoms with Crippen molar-refractivity contribution in [1.82, 2.24) is 15.5 Å². The molecule has 1 saturated heterocycles. The highest BCUT2D eigenvalue weighted by molar-refractivity contribution is 14.0. The highest BCUT2D eigenvalue weighted by Gasteiger charge is 2.27. The van der Waals surface area contributed by atoms with E-state index < -0.39 is 5.60 Å². The van der Waals surface area contributed by atoms with Gasteiger partial charge in [0, 0.05) is 26.2 Å². The molecule has 1 aromatic heterocycles. The minimum Gasteiger partial charge on any atom is -0.463 e. The van der Waals surface area contributed by atoms with Crippen LogP contribution in [0.1, 0.15) is 36.5 Å². The number of rotatable bonds is 8. The maximum Gasteiger partial charge on any atom is 0.191 e. The van der Waals surface area contributed by atoms with Crippen LogP contribution < -0.4 is 10.6 Å². The fourth-order valence-corrected chi connectivity index (χ4v) is 3.44. The lowest BCUT2D eigenvalue weighted by Gasteiger charge is -2.27. The molecule has 1 aliphatic heterocycles. The largest absolute Gasteiger partial charge is 0.463 e. The molecule has 1 unspecified atom stereocenters. The third kappa shape index (κ3) is 7.78. The molecule has 3 N–H and O–H groups in total. The van der Waals surface area contributed by atoms with Crippen molar-refractivity contribution in [2.45, 2.75) is 39.5 Å². The molecule has 0 spiro atoms. The van der Waals surface area contributed by atoms with E-state index in [1.54, 1.807) is 6.92 Å². The number of halogens is 1. The normalized spacial score (nSPS) is 17.0. The summed E-state index contributed by atoms with van der Waals surface area (Å²) in [5.41, 5.74) is 1.37. The zero-order valence-electron chi connectivity index (χ0n) is 18.7. The van der Waals surface area contributed by atoms with Crippen LogP contribution in [0.2, 0.25) is 0 Å². The number of aliphatic imine (C=N–C) groups is 1. The average Bonchev–Trinajstić information content (AvgIpc) is 3.19. The van der Waals surface area contributed by atoms with Crippen LogP contribution in [0.3, 0.4) is 0 Å². The molecular weight excluding hydrogens is 507 g/mol. The number of hydrogen-bond donors (Lipinski definition) is 3. The number of hydrogen-bond acceptors (Lipinski definition) is 5. The third-order valence-corrected chi connectivity index (χ3v) is 5.24. The van der Waals surface area contributed by atoms with Gasteiger partial charge in [0.05, 0.1) is 26.3 Å².